The number of nitrogens with zero attached hydrogens (tertiary/aromatic N) is 1. The second kappa shape index (κ2) is 10.4. The molecule has 0 radical (unpaired) electrons. The summed E-state index contributed by atoms with van der Waals surface area (Å²) in [4.78, 5) is 24.7. The number of carbonyl (C=O) groups is 2. The summed E-state index contributed by atoms with van der Waals surface area (Å²) >= 11 is 7.23. The minimum Gasteiger partial charge on any atom is -0.494 e. The summed E-state index contributed by atoms with van der Waals surface area (Å²) in [6.07, 6.45) is 0.176. The number of thioether (sulfide) groups is 1. The van der Waals surface area contributed by atoms with Crippen LogP contribution in [0, 0.1) is 18.3 Å². The molecule has 0 bridgehead atoms. The van der Waals surface area contributed by atoms with Crippen molar-refractivity contribution in [2.24, 2.45) is 0 Å². The quantitative estimate of drug-likeness (QED) is 0.628. The summed E-state index contributed by atoms with van der Waals surface area (Å²) in [6, 6.07) is 14.9. The number of halogens is 1. The van der Waals surface area contributed by atoms with Crippen LogP contribution in [0.4, 0.5) is 5.69 Å². The highest BCUT2D eigenvalue weighted by Crippen LogP contribution is 2.36. The fraction of sp³-hybridized carbons (Fsp3) is 0.261. The van der Waals surface area contributed by atoms with Gasteiger partial charge in [-0.15, -0.1) is 0 Å². The van der Waals surface area contributed by atoms with E-state index in [1.165, 1.54) is 0 Å². The summed E-state index contributed by atoms with van der Waals surface area (Å²) in [6.45, 7) is 4.35. The molecule has 0 aromatic heterocycles. The average Bonchev–Trinajstić information content (AvgIpc) is 2.75. The number of hydrogen-bond acceptors (Lipinski definition) is 5. The Hall–Kier alpha value is -2.95. The van der Waals surface area contributed by atoms with E-state index in [9.17, 15) is 14.9 Å². The van der Waals surface area contributed by atoms with Crippen LogP contribution in [0.2, 0.25) is 5.02 Å². The summed E-state index contributed by atoms with van der Waals surface area (Å²) in [5, 5.41) is 16.3. The molecule has 2 N–H and O–H groups in total. The summed E-state index contributed by atoms with van der Waals surface area (Å²) in [5.74, 6) is -0.0342. The first kappa shape index (κ1) is 22.7. The van der Waals surface area contributed by atoms with Crippen molar-refractivity contribution in [3.63, 3.8) is 0 Å². The van der Waals surface area contributed by atoms with Crippen LogP contribution in [0.15, 0.2) is 53.1 Å². The van der Waals surface area contributed by atoms with Crippen molar-refractivity contribution < 1.29 is 14.3 Å². The van der Waals surface area contributed by atoms with Crippen molar-refractivity contribution in [1.82, 2.24) is 5.32 Å². The molecular formula is C23H22ClN3O3S. The van der Waals surface area contributed by atoms with Crippen molar-refractivity contribution in [1.29, 1.82) is 5.26 Å². The zero-order valence-electron chi connectivity index (χ0n) is 17.2. The van der Waals surface area contributed by atoms with Gasteiger partial charge in [-0.25, -0.2) is 0 Å². The Kier molecular flexibility index (Phi) is 7.61. The Morgan fingerprint density at radius 2 is 2.06 bits per heavy atom. The van der Waals surface area contributed by atoms with Crippen molar-refractivity contribution in [2.75, 3.05) is 17.7 Å². The maximum Gasteiger partial charge on any atom is 0.234 e. The molecule has 0 saturated heterocycles. The maximum absolute atomic E-state index is 12.4. The van der Waals surface area contributed by atoms with Crippen LogP contribution in [0.3, 0.4) is 0 Å². The molecule has 6 nitrogen and oxygen atoms in total. The van der Waals surface area contributed by atoms with Gasteiger partial charge in [0.25, 0.3) is 0 Å². The van der Waals surface area contributed by atoms with Crippen LogP contribution >= 0.6 is 23.4 Å². The van der Waals surface area contributed by atoms with Gasteiger partial charge in [-0.05, 0) is 49.2 Å². The third-order valence-electron chi connectivity index (χ3n) is 4.75. The number of benzene rings is 2. The summed E-state index contributed by atoms with van der Waals surface area (Å²) in [5.41, 5.74) is 2.81. The van der Waals surface area contributed by atoms with Gasteiger partial charge in [0.2, 0.25) is 11.8 Å². The molecule has 1 atom stereocenters. The molecule has 0 saturated carbocycles. The number of carbonyl (C=O) groups excluding carboxylic acids is 2. The van der Waals surface area contributed by atoms with Gasteiger partial charge < -0.3 is 15.4 Å². The number of anilines is 1. The fourth-order valence-corrected chi connectivity index (χ4v) is 4.24. The molecule has 1 heterocycles. The van der Waals surface area contributed by atoms with Gasteiger partial charge >= 0.3 is 0 Å². The molecule has 0 unspecified atom stereocenters. The van der Waals surface area contributed by atoms with Gasteiger partial charge in [0.15, 0.2) is 0 Å². The van der Waals surface area contributed by atoms with Crippen LogP contribution in [-0.4, -0.2) is 24.2 Å². The van der Waals surface area contributed by atoms with Gasteiger partial charge in [-0.1, -0.05) is 41.6 Å². The number of nitriles is 1. The third-order valence-corrected chi connectivity index (χ3v) is 6.18. The first-order chi connectivity index (χ1) is 14.9. The molecule has 1 aliphatic rings. The van der Waals surface area contributed by atoms with Crippen LogP contribution in [0.5, 0.6) is 5.75 Å². The van der Waals surface area contributed by atoms with E-state index in [2.05, 4.69) is 16.7 Å². The molecule has 0 fully saturated rings. The number of amides is 2. The van der Waals surface area contributed by atoms with E-state index < -0.39 is 0 Å². The Morgan fingerprint density at radius 1 is 1.32 bits per heavy atom. The highest BCUT2D eigenvalue weighted by molar-refractivity contribution is 8.03. The molecule has 160 valence electrons. The number of allylic oxidation sites excluding steroid dienone is 1. The molecule has 0 aliphatic carbocycles. The van der Waals surface area contributed by atoms with Crippen LogP contribution in [0.1, 0.15) is 30.4 Å². The molecule has 1 aliphatic heterocycles. The second-order valence-corrected chi connectivity index (χ2v) is 8.36. The van der Waals surface area contributed by atoms with E-state index in [0.29, 0.717) is 27.9 Å². The lowest BCUT2D eigenvalue weighted by Crippen LogP contribution is -2.31. The monoisotopic (exact) mass is 455 g/mol. The van der Waals surface area contributed by atoms with Crippen molar-refractivity contribution in [3.05, 3.63) is 69.2 Å². The Bertz CT molecular complexity index is 1060. The smallest absolute Gasteiger partial charge is 0.234 e. The number of ether oxygens (including phenoxy) is 1. The van der Waals surface area contributed by atoms with Crippen molar-refractivity contribution in [3.8, 4) is 11.8 Å². The molecule has 3 rings (SSSR count). The van der Waals surface area contributed by atoms with E-state index in [4.69, 9.17) is 16.3 Å². The number of rotatable bonds is 7. The van der Waals surface area contributed by atoms with E-state index in [1.54, 1.807) is 12.1 Å². The lowest BCUT2D eigenvalue weighted by molar-refractivity contribution is -0.121. The molecular weight excluding hydrogens is 434 g/mol. The zero-order valence-corrected chi connectivity index (χ0v) is 18.8. The molecule has 31 heavy (non-hydrogen) atoms. The largest absolute Gasteiger partial charge is 0.494 e. The summed E-state index contributed by atoms with van der Waals surface area (Å²) < 4.78 is 5.46. The van der Waals surface area contributed by atoms with Crippen LogP contribution < -0.4 is 15.4 Å². The lowest BCUT2D eigenvalue weighted by Gasteiger charge is -2.25. The predicted molar refractivity (Wildman–Crippen MR) is 123 cm³/mol. The minimum atomic E-state index is -0.365. The van der Waals surface area contributed by atoms with Gasteiger partial charge in [0.05, 0.1) is 29.0 Å². The van der Waals surface area contributed by atoms with E-state index >= 15 is 0 Å². The average molecular weight is 456 g/mol. The van der Waals surface area contributed by atoms with E-state index in [0.717, 1.165) is 28.6 Å². The van der Waals surface area contributed by atoms with Crippen LogP contribution in [0.25, 0.3) is 0 Å². The van der Waals surface area contributed by atoms with Gasteiger partial charge in [0.1, 0.15) is 5.75 Å². The second-order valence-electron chi connectivity index (χ2n) is 6.96. The molecule has 0 spiro atoms. The summed E-state index contributed by atoms with van der Waals surface area (Å²) in [7, 11) is 0. The topological polar surface area (TPSA) is 91.2 Å². The normalized spacial score (nSPS) is 15.8. The number of nitrogens with one attached hydrogen (secondary N) is 2. The maximum atomic E-state index is 12.4. The Labute approximate surface area is 190 Å². The van der Waals surface area contributed by atoms with Crippen molar-refractivity contribution in [2.45, 2.75) is 26.2 Å². The lowest BCUT2D eigenvalue weighted by atomic mass is 9.87. The van der Waals surface area contributed by atoms with Gasteiger partial charge in [0, 0.05) is 23.0 Å². The zero-order chi connectivity index (χ0) is 22.4. The molecule has 2 aromatic carbocycles. The van der Waals surface area contributed by atoms with E-state index in [-0.39, 0.29) is 29.9 Å². The third kappa shape index (κ3) is 5.81. The Balaban J connectivity index is 1.73. The van der Waals surface area contributed by atoms with Crippen molar-refractivity contribution >= 4 is 40.9 Å². The molecule has 2 amide bonds. The van der Waals surface area contributed by atoms with Crippen LogP contribution in [-0.2, 0) is 9.59 Å². The SMILES string of the molecule is CCOc1ccc([C@H]2CC(=O)NC(SCC(=O)Nc3ccc(C)c(Cl)c3)=C2C#N)cc1. The first-order valence-corrected chi connectivity index (χ1v) is 11.1. The fourth-order valence-electron chi connectivity index (χ4n) is 3.19. The highest BCUT2D eigenvalue weighted by atomic mass is 35.5. The van der Waals surface area contributed by atoms with Gasteiger partial charge in [-0.2, -0.15) is 5.26 Å². The molecule has 8 heteroatoms. The standard InChI is InChI=1S/C23H22ClN3O3S/c1-3-30-17-8-5-15(6-9-17)18-11-21(28)27-23(19(18)12-25)31-13-22(29)26-16-7-4-14(2)20(24)10-16/h4-10,18H,3,11,13H2,1-2H3,(H,26,29)(H,27,28)/t18-/m1/s1. The highest BCUT2D eigenvalue weighted by Gasteiger charge is 2.30. The number of hydrogen-bond donors (Lipinski definition) is 2. The number of aryl methyl sites for hydroxylation is 1. The predicted octanol–water partition coefficient (Wildman–Crippen LogP) is 4.76. The molecule has 2 aromatic rings. The van der Waals surface area contributed by atoms with E-state index in [1.807, 2.05) is 44.2 Å². The first-order valence-electron chi connectivity index (χ1n) is 9.77. The minimum absolute atomic E-state index is 0.0439. The Morgan fingerprint density at radius 3 is 2.71 bits per heavy atom. The van der Waals surface area contributed by atoms with Gasteiger partial charge in [-0.3, -0.25) is 9.59 Å².